The molecule has 0 saturated carbocycles. The first-order valence-corrected chi connectivity index (χ1v) is 12.3. The predicted octanol–water partition coefficient (Wildman–Crippen LogP) is 2.92. The van der Waals surface area contributed by atoms with Crippen LogP contribution >= 0.6 is 11.8 Å². The number of halogens is 3. The molecule has 13 heteroatoms. The van der Waals surface area contributed by atoms with E-state index < -0.39 is 21.7 Å². The van der Waals surface area contributed by atoms with Gasteiger partial charge >= 0.3 is 6.18 Å². The topological polar surface area (TPSA) is 98.1 Å². The molecule has 0 bridgehead atoms. The van der Waals surface area contributed by atoms with E-state index >= 15 is 0 Å². The molecule has 1 aliphatic heterocycles. The molecule has 8 nitrogen and oxygen atoms in total. The van der Waals surface area contributed by atoms with E-state index in [1.165, 1.54) is 40.4 Å². The van der Waals surface area contributed by atoms with E-state index in [4.69, 9.17) is 0 Å². The fourth-order valence-corrected chi connectivity index (χ4v) is 5.23. The summed E-state index contributed by atoms with van der Waals surface area (Å²) < 4.78 is 66.3. The van der Waals surface area contributed by atoms with Gasteiger partial charge in [-0.15, -0.1) is 0 Å². The Morgan fingerprint density at radius 2 is 1.94 bits per heavy atom. The Balaban J connectivity index is 1.90. The molecule has 0 atom stereocenters. The summed E-state index contributed by atoms with van der Waals surface area (Å²) in [4.78, 5) is 25.6. The third kappa shape index (κ3) is 3.94. The summed E-state index contributed by atoms with van der Waals surface area (Å²) in [6.07, 6.45) is -2.21. The average molecular weight is 486 g/mol. The van der Waals surface area contributed by atoms with Gasteiger partial charge in [0.1, 0.15) is 11.4 Å². The van der Waals surface area contributed by atoms with Crippen molar-refractivity contribution >= 4 is 44.2 Å². The Morgan fingerprint density at radius 3 is 2.59 bits per heavy atom. The average Bonchev–Trinajstić information content (AvgIpc) is 3.09. The maximum absolute atomic E-state index is 13.0. The van der Waals surface area contributed by atoms with Gasteiger partial charge in [0.15, 0.2) is 15.7 Å². The molecule has 0 aliphatic carbocycles. The number of hydrogen-bond acceptors (Lipinski definition) is 7. The van der Waals surface area contributed by atoms with Gasteiger partial charge in [0.25, 0.3) is 0 Å². The summed E-state index contributed by atoms with van der Waals surface area (Å²) in [5.41, 5.74) is -0.436. The fourth-order valence-electron chi connectivity index (χ4n) is 3.39. The van der Waals surface area contributed by atoms with Crippen molar-refractivity contribution in [2.45, 2.75) is 18.0 Å². The molecule has 0 radical (unpaired) electrons. The Bertz CT molecular complexity index is 1320. The second-order valence-electron chi connectivity index (χ2n) is 7.09. The minimum atomic E-state index is -4.64. The molecule has 0 N–H and O–H groups in total. The number of aryl methyl sites for hydroxylation is 1. The lowest BCUT2D eigenvalue weighted by Crippen LogP contribution is -2.38. The van der Waals surface area contributed by atoms with E-state index in [0.717, 1.165) is 12.3 Å². The molecule has 32 heavy (non-hydrogen) atoms. The summed E-state index contributed by atoms with van der Waals surface area (Å²) in [6.45, 7) is 1.90. The number of sulfone groups is 1. The molecule has 4 heterocycles. The number of hydrogen-bond donors (Lipinski definition) is 0. The van der Waals surface area contributed by atoms with E-state index in [0.29, 0.717) is 23.5 Å². The minimum Gasteiger partial charge on any atom is -0.324 e. The molecule has 1 amide bonds. The number of carbonyl (C=O) groups excluding carboxylic acids is 1. The SMILES string of the molecule is CCS(=O)(=O)c1cc(N2CCSCC2=O)cnc1-c1nc2cc(C(F)(F)F)ncc2n1C. The minimum absolute atomic E-state index is 0.00157. The van der Waals surface area contributed by atoms with Crippen LogP contribution in [0.1, 0.15) is 12.6 Å². The van der Waals surface area contributed by atoms with E-state index in [1.54, 1.807) is 7.05 Å². The second-order valence-corrected chi connectivity index (χ2v) is 10.4. The number of carbonyl (C=O) groups is 1. The maximum Gasteiger partial charge on any atom is 0.433 e. The highest BCUT2D eigenvalue weighted by Gasteiger charge is 2.33. The van der Waals surface area contributed by atoms with Crippen molar-refractivity contribution in [3.8, 4) is 11.5 Å². The monoisotopic (exact) mass is 485 g/mol. The zero-order valence-electron chi connectivity index (χ0n) is 17.0. The van der Waals surface area contributed by atoms with Gasteiger partial charge in [-0.1, -0.05) is 6.92 Å². The van der Waals surface area contributed by atoms with E-state index in [-0.39, 0.29) is 39.3 Å². The zero-order chi connectivity index (χ0) is 23.3. The van der Waals surface area contributed by atoms with Gasteiger partial charge in [-0.2, -0.15) is 24.9 Å². The second kappa shape index (κ2) is 8.03. The lowest BCUT2D eigenvalue weighted by molar-refractivity contribution is -0.141. The maximum atomic E-state index is 13.0. The molecule has 0 aromatic carbocycles. The number of pyridine rings is 2. The molecule has 0 spiro atoms. The molecule has 1 fully saturated rings. The van der Waals surface area contributed by atoms with Crippen LogP contribution in [0.15, 0.2) is 29.4 Å². The Labute approximate surface area is 185 Å². The number of alkyl halides is 3. The number of nitrogens with zero attached hydrogens (tertiary/aromatic N) is 5. The van der Waals surface area contributed by atoms with Crippen molar-refractivity contribution in [3.05, 3.63) is 30.2 Å². The highest BCUT2D eigenvalue weighted by atomic mass is 32.2. The molecule has 170 valence electrons. The molecule has 1 aliphatic rings. The first-order chi connectivity index (χ1) is 15.0. The van der Waals surface area contributed by atoms with Crippen molar-refractivity contribution in [1.29, 1.82) is 0 Å². The van der Waals surface area contributed by atoms with Crippen LogP contribution in [0.3, 0.4) is 0 Å². The van der Waals surface area contributed by atoms with Crippen molar-refractivity contribution in [2.75, 3.05) is 28.7 Å². The number of rotatable bonds is 4. The summed E-state index contributed by atoms with van der Waals surface area (Å²) >= 11 is 1.49. The van der Waals surface area contributed by atoms with Gasteiger partial charge in [-0.25, -0.2) is 23.4 Å². The van der Waals surface area contributed by atoms with Gasteiger partial charge in [-0.3, -0.25) is 4.79 Å². The van der Waals surface area contributed by atoms with Crippen LogP contribution in [0.2, 0.25) is 0 Å². The highest BCUT2D eigenvalue weighted by molar-refractivity contribution is 8.00. The van der Waals surface area contributed by atoms with Crippen LogP contribution in [0.4, 0.5) is 18.9 Å². The molecule has 0 unspecified atom stereocenters. The largest absolute Gasteiger partial charge is 0.433 e. The van der Waals surface area contributed by atoms with E-state index in [1.807, 2.05) is 0 Å². The van der Waals surface area contributed by atoms with E-state index in [2.05, 4.69) is 15.0 Å². The van der Waals surface area contributed by atoms with Crippen LogP contribution in [-0.4, -0.2) is 57.6 Å². The zero-order valence-corrected chi connectivity index (χ0v) is 18.7. The number of anilines is 1. The third-order valence-corrected chi connectivity index (χ3v) is 7.78. The third-order valence-electron chi connectivity index (χ3n) is 5.12. The summed E-state index contributed by atoms with van der Waals surface area (Å²) in [5, 5.41) is 0. The number of amides is 1. The van der Waals surface area contributed by atoms with Gasteiger partial charge in [0, 0.05) is 19.3 Å². The number of imidazole rings is 1. The molecule has 3 aromatic rings. The first-order valence-electron chi connectivity index (χ1n) is 9.54. The smallest absolute Gasteiger partial charge is 0.324 e. The van der Waals surface area contributed by atoms with Gasteiger partial charge in [-0.05, 0) is 12.1 Å². The van der Waals surface area contributed by atoms with Gasteiger partial charge in [0.05, 0.1) is 45.5 Å². The van der Waals surface area contributed by atoms with Crippen molar-refractivity contribution in [1.82, 2.24) is 19.5 Å². The Hall–Kier alpha value is -2.67. The van der Waals surface area contributed by atoms with Gasteiger partial charge in [0.2, 0.25) is 5.91 Å². The Kier molecular flexibility index (Phi) is 5.65. The standard InChI is InChI=1S/C19H18F3N5O3S2/c1-3-32(29,30)14-6-11(27-4-5-31-10-16(27)28)8-24-17(14)18-25-12-7-15(19(20,21)22)23-9-13(12)26(18)2/h6-9H,3-5,10H2,1-2H3. The van der Waals surface area contributed by atoms with Crippen molar-refractivity contribution in [3.63, 3.8) is 0 Å². The normalized spacial score (nSPS) is 15.5. The summed E-state index contributed by atoms with van der Waals surface area (Å²) in [5.74, 6) is 0.711. The van der Waals surface area contributed by atoms with Crippen LogP contribution in [-0.2, 0) is 27.9 Å². The molecule has 1 saturated heterocycles. The van der Waals surface area contributed by atoms with Crippen LogP contribution in [0, 0.1) is 0 Å². The lowest BCUT2D eigenvalue weighted by Gasteiger charge is -2.26. The number of fused-ring (bicyclic) bond motifs is 1. The fraction of sp³-hybridized carbons (Fsp3) is 0.368. The number of aromatic nitrogens is 4. The molecular weight excluding hydrogens is 467 g/mol. The number of thioether (sulfide) groups is 1. The van der Waals surface area contributed by atoms with Crippen LogP contribution in [0.5, 0.6) is 0 Å². The Morgan fingerprint density at radius 1 is 1.19 bits per heavy atom. The van der Waals surface area contributed by atoms with Crippen molar-refractivity contribution in [2.24, 2.45) is 7.05 Å². The van der Waals surface area contributed by atoms with E-state index in [9.17, 15) is 26.4 Å². The molecular formula is C19H18F3N5O3S2. The predicted molar refractivity (Wildman–Crippen MR) is 114 cm³/mol. The first kappa shape index (κ1) is 22.5. The van der Waals surface area contributed by atoms with Gasteiger partial charge < -0.3 is 9.47 Å². The summed E-state index contributed by atoms with van der Waals surface area (Å²) in [6, 6.07) is 2.19. The molecule has 3 aromatic heterocycles. The van der Waals surface area contributed by atoms with Crippen LogP contribution < -0.4 is 4.90 Å². The van der Waals surface area contributed by atoms with Crippen molar-refractivity contribution < 1.29 is 26.4 Å². The summed E-state index contributed by atoms with van der Waals surface area (Å²) in [7, 11) is -2.25. The lowest BCUT2D eigenvalue weighted by atomic mass is 10.3. The van der Waals surface area contributed by atoms with Crippen LogP contribution in [0.25, 0.3) is 22.6 Å². The highest BCUT2D eigenvalue weighted by Crippen LogP contribution is 2.34. The molecule has 4 rings (SSSR count). The quantitative estimate of drug-likeness (QED) is 0.560.